The molecule has 1 N–H and O–H groups in total. The Labute approximate surface area is 146 Å². The minimum atomic E-state index is -0.000497. The van der Waals surface area contributed by atoms with Crippen molar-refractivity contribution in [3.05, 3.63) is 34.0 Å². The van der Waals surface area contributed by atoms with E-state index in [4.69, 9.17) is 0 Å². The van der Waals surface area contributed by atoms with Crippen LogP contribution in [0.3, 0.4) is 0 Å². The lowest BCUT2D eigenvalue weighted by Gasteiger charge is -2.32. The van der Waals surface area contributed by atoms with E-state index in [0.717, 1.165) is 48.2 Å². The van der Waals surface area contributed by atoms with Crippen LogP contribution in [0.15, 0.2) is 17.6 Å². The molecule has 2 aromatic heterocycles. The first-order valence-corrected chi connectivity index (χ1v) is 9.23. The fourth-order valence-electron chi connectivity index (χ4n) is 3.03. The smallest absolute Gasteiger partial charge is 0.225 e. The van der Waals surface area contributed by atoms with E-state index in [0.29, 0.717) is 13.1 Å². The third-order valence-electron chi connectivity index (χ3n) is 4.17. The zero-order valence-electron chi connectivity index (χ0n) is 14.2. The molecule has 1 saturated heterocycles. The van der Waals surface area contributed by atoms with E-state index in [2.05, 4.69) is 25.2 Å². The number of carbonyl (C=O) groups is 1. The van der Waals surface area contributed by atoms with Crippen molar-refractivity contribution in [2.24, 2.45) is 5.92 Å². The zero-order valence-corrected chi connectivity index (χ0v) is 15.0. The number of aromatic nitrogens is 3. The standard InChI is InChI=1S/C17H23N5OS/c1-12-10-13(2)21-17(20-12)22-8-3-4-14(11-22)16(23)19-6-5-15-18-7-9-24-15/h7,9-10,14H,3-6,8,11H2,1-2H3,(H,19,23). The highest BCUT2D eigenvalue weighted by Crippen LogP contribution is 2.21. The number of anilines is 1. The van der Waals surface area contributed by atoms with Crippen molar-refractivity contribution in [1.82, 2.24) is 20.3 Å². The molecule has 0 saturated carbocycles. The molecule has 0 bridgehead atoms. The molecule has 3 heterocycles. The van der Waals surface area contributed by atoms with E-state index in [1.165, 1.54) is 0 Å². The summed E-state index contributed by atoms with van der Waals surface area (Å²) in [6.07, 6.45) is 4.50. The van der Waals surface area contributed by atoms with Gasteiger partial charge in [-0.15, -0.1) is 11.3 Å². The SMILES string of the molecule is Cc1cc(C)nc(N2CCCC(C(=O)NCCc3nccs3)C2)n1. The van der Waals surface area contributed by atoms with Crippen LogP contribution in [0.2, 0.25) is 0 Å². The quantitative estimate of drug-likeness (QED) is 0.899. The third-order valence-corrected chi connectivity index (χ3v) is 5.01. The molecule has 24 heavy (non-hydrogen) atoms. The van der Waals surface area contributed by atoms with E-state index in [1.54, 1.807) is 17.5 Å². The molecular weight excluding hydrogens is 322 g/mol. The maximum Gasteiger partial charge on any atom is 0.225 e. The van der Waals surface area contributed by atoms with E-state index < -0.39 is 0 Å². The van der Waals surface area contributed by atoms with Crippen molar-refractivity contribution in [3.8, 4) is 0 Å². The maximum absolute atomic E-state index is 12.4. The van der Waals surface area contributed by atoms with Gasteiger partial charge in [0.05, 0.1) is 10.9 Å². The van der Waals surface area contributed by atoms with E-state index in [1.807, 2.05) is 25.3 Å². The second-order valence-electron chi connectivity index (χ2n) is 6.20. The molecule has 2 aromatic rings. The predicted octanol–water partition coefficient (Wildman–Crippen LogP) is 2.13. The molecule has 6 nitrogen and oxygen atoms in total. The molecule has 1 atom stereocenters. The van der Waals surface area contributed by atoms with Crippen LogP contribution < -0.4 is 10.2 Å². The van der Waals surface area contributed by atoms with Crippen LogP contribution in [-0.4, -0.2) is 40.5 Å². The van der Waals surface area contributed by atoms with Crippen LogP contribution in [0, 0.1) is 19.8 Å². The Morgan fingerprint density at radius 2 is 2.17 bits per heavy atom. The number of nitrogens with zero attached hydrogens (tertiary/aromatic N) is 4. The Morgan fingerprint density at radius 1 is 1.38 bits per heavy atom. The molecule has 7 heteroatoms. The van der Waals surface area contributed by atoms with Crippen molar-refractivity contribution in [2.75, 3.05) is 24.5 Å². The number of aryl methyl sites for hydroxylation is 2. The Balaban J connectivity index is 1.55. The predicted molar refractivity (Wildman–Crippen MR) is 95.3 cm³/mol. The fraction of sp³-hybridized carbons (Fsp3) is 0.529. The normalized spacial score (nSPS) is 17.8. The summed E-state index contributed by atoms with van der Waals surface area (Å²) < 4.78 is 0. The van der Waals surface area contributed by atoms with Gasteiger partial charge in [-0.05, 0) is 32.8 Å². The van der Waals surface area contributed by atoms with Crippen LogP contribution in [-0.2, 0) is 11.2 Å². The van der Waals surface area contributed by atoms with Gasteiger partial charge in [-0.3, -0.25) is 4.79 Å². The van der Waals surface area contributed by atoms with Gasteiger partial charge in [-0.2, -0.15) is 0 Å². The molecule has 1 aliphatic heterocycles. The summed E-state index contributed by atoms with van der Waals surface area (Å²) in [5.74, 6) is 0.868. The van der Waals surface area contributed by atoms with Gasteiger partial charge < -0.3 is 10.2 Å². The average Bonchev–Trinajstić information content (AvgIpc) is 3.07. The van der Waals surface area contributed by atoms with Crippen molar-refractivity contribution >= 4 is 23.2 Å². The minimum Gasteiger partial charge on any atom is -0.355 e. The lowest BCUT2D eigenvalue weighted by molar-refractivity contribution is -0.125. The Kier molecular flexibility index (Phi) is 5.40. The first kappa shape index (κ1) is 16.8. The Hall–Kier alpha value is -2.02. The van der Waals surface area contributed by atoms with Crippen LogP contribution in [0.4, 0.5) is 5.95 Å². The zero-order chi connectivity index (χ0) is 16.9. The van der Waals surface area contributed by atoms with Gasteiger partial charge in [0.25, 0.3) is 0 Å². The molecular formula is C17H23N5OS. The summed E-state index contributed by atoms with van der Waals surface area (Å²) in [4.78, 5) is 27.9. The van der Waals surface area contributed by atoms with E-state index in [-0.39, 0.29) is 11.8 Å². The molecule has 1 amide bonds. The molecule has 0 radical (unpaired) electrons. The number of hydrogen-bond acceptors (Lipinski definition) is 6. The molecule has 128 valence electrons. The average molecular weight is 345 g/mol. The van der Waals surface area contributed by atoms with Crippen molar-refractivity contribution in [1.29, 1.82) is 0 Å². The van der Waals surface area contributed by atoms with Crippen molar-refractivity contribution in [3.63, 3.8) is 0 Å². The first-order valence-electron chi connectivity index (χ1n) is 8.35. The van der Waals surface area contributed by atoms with Gasteiger partial charge in [0.15, 0.2) is 0 Å². The maximum atomic E-state index is 12.4. The minimum absolute atomic E-state index is 0.000497. The summed E-state index contributed by atoms with van der Waals surface area (Å²) in [5.41, 5.74) is 1.93. The molecule has 1 unspecified atom stereocenters. The highest BCUT2D eigenvalue weighted by Gasteiger charge is 2.27. The van der Waals surface area contributed by atoms with Crippen LogP contribution in [0.1, 0.15) is 29.2 Å². The summed E-state index contributed by atoms with van der Waals surface area (Å²) in [6.45, 7) is 6.19. The molecule has 0 spiro atoms. The molecule has 0 aromatic carbocycles. The molecule has 3 rings (SSSR count). The monoisotopic (exact) mass is 345 g/mol. The van der Waals surface area contributed by atoms with Crippen LogP contribution in [0.5, 0.6) is 0 Å². The van der Waals surface area contributed by atoms with E-state index in [9.17, 15) is 4.79 Å². The summed E-state index contributed by atoms with van der Waals surface area (Å²) in [6, 6.07) is 1.97. The number of carbonyl (C=O) groups excluding carboxylic acids is 1. The largest absolute Gasteiger partial charge is 0.355 e. The number of rotatable bonds is 5. The molecule has 1 fully saturated rings. The lowest BCUT2D eigenvalue weighted by Crippen LogP contribution is -2.44. The highest BCUT2D eigenvalue weighted by atomic mass is 32.1. The van der Waals surface area contributed by atoms with E-state index >= 15 is 0 Å². The second kappa shape index (κ2) is 7.70. The van der Waals surface area contributed by atoms with Gasteiger partial charge >= 0.3 is 0 Å². The van der Waals surface area contributed by atoms with Crippen LogP contribution >= 0.6 is 11.3 Å². The topological polar surface area (TPSA) is 71.0 Å². The Morgan fingerprint density at radius 3 is 2.88 bits per heavy atom. The number of nitrogens with one attached hydrogen (secondary N) is 1. The fourth-order valence-corrected chi connectivity index (χ4v) is 3.66. The summed E-state index contributed by atoms with van der Waals surface area (Å²) >= 11 is 1.62. The lowest BCUT2D eigenvalue weighted by atomic mass is 9.97. The number of thiazole rings is 1. The second-order valence-corrected chi connectivity index (χ2v) is 7.18. The highest BCUT2D eigenvalue weighted by molar-refractivity contribution is 7.09. The van der Waals surface area contributed by atoms with Gasteiger partial charge in [-0.25, -0.2) is 15.0 Å². The number of amides is 1. The van der Waals surface area contributed by atoms with Crippen molar-refractivity contribution in [2.45, 2.75) is 33.1 Å². The van der Waals surface area contributed by atoms with Gasteiger partial charge in [0.2, 0.25) is 11.9 Å². The first-order chi connectivity index (χ1) is 11.6. The Bertz CT molecular complexity index is 668. The van der Waals surface area contributed by atoms with Crippen molar-refractivity contribution < 1.29 is 4.79 Å². The number of piperidine rings is 1. The summed E-state index contributed by atoms with van der Waals surface area (Å²) in [5, 5.41) is 6.06. The molecule has 1 aliphatic rings. The van der Waals surface area contributed by atoms with Gasteiger partial charge in [0.1, 0.15) is 0 Å². The third kappa shape index (κ3) is 4.29. The van der Waals surface area contributed by atoms with Gasteiger partial charge in [-0.1, -0.05) is 0 Å². The van der Waals surface area contributed by atoms with Crippen LogP contribution in [0.25, 0.3) is 0 Å². The summed E-state index contributed by atoms with van der Waals surface area (Å²) in [7, 11) is 0. The van der Waals surface area contributed by atoms with Gasteiger partial charge in [0, 0.05) is 49.0 Å². The molecule has 0 aliphatic carbocycles. The number of hydrogen-bond donors (Lipinski definition) is 1.